The molecule has 160 valence electrons. The van der Waals surface area contributed by atoms with Crippen molar-refractivity contribution < 1.29 is 0 Å². The number of nitrogens with zero attached hydrogens (tertiary/aromatic N) is 2. The van der Waals surface area contributed by atoms with Crippen LogP contribution in [-0.4, -0.2) is 0 Å². The molecule has 0 saturated heterocycles. The zero-order chi connectivity index (χ0) is 23.0. The van der Waals surface area contributed by atoms with E-state index in [1.807, 2.05) is 24.3 Å². The molecule has 0 radical (unpaired) electrons. The van der Waals surface area contributed by atoms with Crippen LogP contribution in [0.4, 0.5) is 22.7 Å². The fourth-order valence-electron chi connectivity index (χ4n) is 5.37. The monoisotopic (exact) mass is 434 g/mol. The number of hydrogen-bond donors (Lipinski definition) is 0. The van der Waals surface area contributed by atoms with E-state index in [1.54, 1.807) is 0 Å². The Bertz CT molecular complexity index is 1410. The molecule has 1 aliphatic heterocycles. The van der Waals surface area contributed by atoms with E-state index in [4.69, 9.17) is 6.57 Å². The van der Waals surface area contributed by atoms with E-state index >= 15 is 0 Å². The predicted molar refractivity (Wildman–Crippen MR) is 139 cm³/mol. The minimum atomic E-state index is -0.456. The van der Waals surface area contributed by atoms with E-state index in [-0.39, 0.29) is 0 Å². The Morgan fingerprint density at radius 3 is 1.41 bits per heavy atom. The lowest BCUT2D eigenvalue weighted by Gasteiger charge is -2.46. The maximum absolute atomic E-state index is 7.35. The molecule has 1 aliphatic rings. The number of benzene rings is 5. The Hall–Kier alpha value is -4.61. The lowest BCUT2D eigenvalue weighted by molar-refractivity contribution is 0.731. The highest BCUT2D eigenvalue weighted by atomic mass is 15.2. The highest BCUT2D eigenvalue weighted by Crippen LogP contribution is 2.57. The highest BCUT2D eigenvalue weighted by Gasteiger charge is 2.46. The summed E-state index contributed by atoms with van der Waals surface area (Å²) in [5, 5.41) is 0. The first-order valence-corrected chi connectivity index (χ1v) is 11.4. The predicted octanol–water partition coefficient (Wildman–Crippen LogP) is 8.40. The van der Waals surface area contributed by atoms with Gasteiger partial charge in [-0.25, -0.2) is 4.85 Å². The van der Waals surface area contributed by atoms with Crippen LogP contribution >= 0.6 is 0 Å². The molecule has 5 aromatic rings. The summed E-state index contributed by atoms with van der Waals surface area (Å²) in [6, 6.07) is 46.9. The summed E-state index contributed by atoms with van der Waals surface area (Å²) in [5.74, 6) is 0. The molecule has 34 heavy (non-hydrogen) atoms. The Labute approximate surface area is 200 Å². The molecule has 0 atom stereocenters. The molecular weight excluding hydrogens is 412 g/mol. The van der Waals surface area contributed by atoms with Crippen molar-refractivity contribution >= 4 is 22.7 Å². The van der Waals surface area contributed by atoms with E-state index in [1.165, 1.54) is 22.3 Å². The van der Waals surface area contributed by atoms with Gasteiger partial charge in [0, 0.05) is 5.69 Å². The Kier molecular flexibility index (Phi) is 4.75. The Morgan fingerprint density at radius 1 is 0.500 bits per heavy atom. The van der Waals surface area contributed by atoms with Crippen LogP contribution in [-0.2, 0) is 5.41 Å². The molecule has 0 aromatic heterocycles. The lowest BCUT2D eigenvalue weighted by Crippen LogP contribution is -2.37. The SMILES string of the molecule is [C-]#[N+]c1ccc(N2c3ccccc3C(c3ccccc3)(c3ccccc3)c3ccccc32)cc1. The van der Waals surface area contributed by atoms with Crippen LogP contribution in [0.15, 0.2) is 133 Å². The summed E-state index contributed by atoms with van der Waals surface area (Å²) in [7, 11) is 0. The molecule has 0 spiro atoms. The van der Waals surface area contributed by atoms with Crippen LogP contribution in [0.2, 0.25) is 0 Å². The molecule has 0 bridgehead atoms. The van der Waals surface area contributed by atoms with E-state index < -0.39 is 5.41 Å². The van der Waals surface area contributed by atoms with Gasteiger partial charge in [0.05, 0.1) is 23.4 Å². The fourth-order valence-corrected chi connectivity index (χ4v) is 5.37. The molecule has 1 heterocycles. The lowest BCUT2D eigenvalue weighted by atomic mass is 9.62. The van der Waals surface area contributed by atoms with Gasteiger partial charge in [0.2, 0.25) is 0 Å². The van der Waals surface area contributed by atoms with Crippen LogP contribution in [0.5, 0.6) is 0 Å². The summed E-state index contributed by atoms with van der Waals surface area (Å²) >= 11 is 0. The third-order valence-corrected chi connectivity index (χ3v) is 6.75. The molecule has 0 aliphatic carbocycles. The van der Waals surface area contributed by atoms with E-state index in [9.17, 15) is 0 Å². The summed E-state index contributed by atoms with van der Waals surface area (Å²) < 4.78 is 0. The maximum atomic E-state index is 7.35. The molecule has 0 unspecified atom stereocenters. The van der Waals surface area contributed by atoms with Gasteiger partial charge in [0.15, 0.2) is 5.69 Å². The Balaban J connectivity index is 1.74. The molecule has 0 N–H and O–H groups in total. The molecule has 2 nitrogen and oxygen atoms in total. The molecule has 0 fully saturated rings. The highest BCUT2D eigenvalue weighted by molar-refractivity contribution is 5.89. The van der Waals surface area contributed by atoms with Gasteiger partial charge in [-0.2, -0.15) is 0 Å². The van der Waals surface area contributed by atoms with Gasteiger partial charge in [0.25, 0.3) is 0 Å². The van der Waals surface area contributed by atoms with Gasteiger partial charge < -0.3 is 4.90 Å². The minimum Gasteiger partial charge on any atom is -0.310 e. The number of rotatable bonds is 3. The van der Waals surface area contributed by atoms with Crippen LogP contribution in [0, 0.1) is 6.57 Å². The van der Waals surface area contributed by atoms with Crippen molar-refractivity contribution in [2.75, 3.05) is 4.90 Å². The van der Waals surface area contributed by atoms with Gasteiger partial charge in [-0.1, -0.05) is 109 Å². The number of fused-ring (bicyclic) bond motifs is 2. The van der Waals surface area contributed by atoms with Gasteiger partial charge in [-0.3, -0.25) is 0 Å². The molecule has 0 saturated carbocycles. The standard InChI is InChI=1S/C32H22N2/c1-33-26-20-22-27(23-21-26)34-30-18-10-8-16-28(30)32(24-12-4-2-5-13-24,25-14-6-3-7-15-25)29-17-9-11-19-31(29)34/h2-23H. The van der Waals surface area contributed by atoms with Crippen molar-refractivity contribution in [1.29, 1.82) is 0 Å². The van der Waals surface area contributed by atoms with Crippen molar-refractivity contribution in [2.24, 2.45) is 0 Å². The first-order chi connectivity index (χ1) is 16.8. The summed E-state index contributed by atoms with van der Waals surface area (Å²) in [4.78, 5) is 5.90. The van der Waals surface area contributed by atoms with Crippen LogP contribution in [0.1, 0.15) is 22.3 Å². The minimum absolute atomic E-state index is 0.456. The zero-order valence-electron chi connectivity index (χ0n) is 18.6. The van der Waals surface area contributed by atoms with Crippen molar-refractivity contribution in [3.8, 4) is 0 Å². The smallest absolute Gasteiger partial charge is 0.187 e. The summed E-state index contributed by atoms with van der Waals surface area (Å²) in [6.07, 6.45) is 0. The molecule has 6 rings (SSSR count). The van der Waals surface area contributed by atoms with Crippen molar-refractivity contribution in [1.82, 2.24) is 0 Å². The summed E-state index contributed by atoms with van der Waals surface area (Å²) in [6.45, 7) is 7.35. The van der Waals surface area contributed by atoms with Crippen molar-refractivity contribution in [3.63, 3.8) is 0 Å². The van der Waals surface area contributed by atoms with Crippen LogP contribution < -0.4 is 4.90 Å². The number of para-hydroxylation sites is 2. The van der Waals surface area contributed by atoms with Crippen LogP contribution in [0.3, 0.4) is 0 Å². The first-order valence-electron chi connectivity index (χ1n) is 11.4. The largest absolute Gasteiger partial charge is 0.310 e. The molecule has 0 amide bonds. The second-order valence-corrected chi connectivity index (χ2v) is 8.48. The van der Waals surface area contributed by atoms with Crippen LogP contribution in [0.25, 0.3) is 4.85 Å². The number of hydrogen-bond acceptors (Lipinski definition) is 1. The third-order valence-electron chi connectivity index (χ3n) is 6.75. The summed E-state index contributed by atoms with van der Waals surface area (Å²) in [5.41, 5.74) is 8.47. The first kappa shape index (κ1) is 20.0. The van der Waals surface area contributed by atoms with Gasteiger partial charge in [0.1, 0.15) is 0 Å². The van der Waals surface area contributed by atoms with Crippen molar-refractivity contribution in [2.45, 2.75) is 5.41 Å². The second-order valence-electron chi connectivity index (χ2n) is 8.48. The molecule has 5 aromatic carbocycles. The van der Waals surface area contributed by atoms with E-state index in [0.717, 1.165) is 17.1 Å². The van der Waals surface area contributed by atoms with Gasteiger partial charge in [-0.05, 0) is 46.5 Å². The normalized spacial score (nSPS) is 13.4. The molecule has 2 heteroatoms. The number of anilines is 3. The molecular formula is C32H22N2. The average molecular weight is 435 g/mol. The average Bonchev–Trinajstić information content (AvgIpc) is 2.93. The van der Waals surface area contributed by atoms with E-state index in [2.05, 4.69) is 119 Å². The fraction of sp³-hybridized carbons (Fsp3) is 0.0312. The Morgan fingerprint density at radius 2 is 0.941 bits per heavy atom. The maximum Gasteiger partial charge on any atom is 0.187 e. The van der Waals surface area contributed by atoms with E-state index in [0.29, 0.717) is 5.69 Å². The third kappa shape index (κ3) is 2.88. The zero-order valence-corrected chi connectivity index (χ0v) is 18.6. The quantitative estimate of drug-likeness (QED) is 0.254. The van der Waals surface area contributed by atoms with Crippen molar-refractivity contribution in [3.05, 3.63) is 167 Å². The second kappa shape index (κ2) is 8.06. The van der Waals surface area contributed by atoms with Gasteiger partial charge >= 0.3 is 0 Å². The van der Waals surface area contributed by atoms with Gasteiger partial charge in [-0.15, -0.1) is 0 Å². The topological polar surface area (TPSA) is 7.60 Å².